The number of piperazine rings is 1. The van der Waals surface area contributed by atoms with Crippen LogP contribution in [0.4, 0.5) is 15.8 Å². The van der Waals surface area contributed by atoms with Gasteiger partial charge in [-0.05, 0) is 42.5 Å². The van der Waals surface area contributed by atoms with Crippen LogP contribution in [0.15, 0.2) is 42.5 Å². The number of rotatable bonds is 3. The van der Waals surface area contributed by atoms with Gasteiger partial charge in [0, 0.05) is 38.3 Å². The molecule has 0 unspecified atom stereocenters. The number of hydrogen-bond acceptors (Lipinski definition) is 5. The van der Waals surface area contributed by atoms with E-state index in [1.807, 2.05) is 0 Å². The minimum Gasteiger partial charge on any atom is -0.368 e. The largest absolute Gasteiger partial charge is 0.368 e. The molecule has 4 rings (SSSR count). The zero-order valence-corrected chi connectivity index (χ0v) is 17.5. The van der Waals surface area contributed by atoms with E-state index in [2.05, 4.69) is 4.90 Å². The zero-order chi connectivity index (χ0) is 21.5. The molecule has 2 aromatic carbocycles. The summed E-state index contributed by atoms with van der Waals surface area (Å²) in [5.41, 5.74) is 1.28. The molecular weight excluding hydrogens is 433 g/mol. The quantitative estimate of drug-likeness (QED) is 0.716. The second-order valence-electron chi connectivity index (χ2n) is 7.14. The third-order valence-electron chi connectivity index (χ3n) is 5.25. The molecule has 158 valence electrons. The highest BCUT2D eigenvalue weighted by molar-refractivity contribution is 7.94. The van der Waals surface area contributed by atoms with Gasteiger partial charge in [-0.2, -0.15) is 0 Å². The first kappa shape index (κ1) is 20.6. The van der Waals surface area contributed by atoms with Crippen LogP contribution in [0.3, 0.4) is 0 Å². The molecule has 2 heterocycles. The standard InChI is InChI=1S/C20H19ClFN3O4S/c21-18-13-16(25-19(26)7-12-30(25,28)29)5-6-17(18)20(27)24-10-8-23(9-11-24)15-3-1-14(22)2-4-15/h1-6,13H,7-12H2. The van der Waals surface area contributed by atoms with E-state index >= 15 is 0 Å². The van der Waals surface area contributed by atoms with Gasteiger partial charge in [-0.1, -0.05) is 11.6 Å². The molecule has 0 aliphatic carbocycles. The summed E-state index contributed by atoms with van der Waals surface area (Å²) in [5.74, 6) is -1.31. The van der Waals surface area contributed by atoms with Crippen LogP contribution < -0.4 is 9.21 Å². The average Bonchev–Trinajstić information content (AvgIpc) is 3.00. The van der Waals surface area contributed by atoms with E-state index in [1.54, 1.807) is 17.0 Å². The van der Waals surface area contributed by atoms with Gasteiger partial charge in [0.05, 0.1) is 22.0 Å². The molecule has 0 bridgehead atoms. The summed E-state index contributed by atoms with van der Waals surface area (Å²) < 4.78 is 38.0. The molecular formula is C20H19ClFN3O4S. The van der Waals surface area contributed by atoms with Crippen molar-refractivity contribution in [2.45, 2.75) is 6.42 Å². The molecule has 2 aromatic rings. The van der Waals surface area contributed by atoms with Crippen LogP contribution in [-0.2, 0) is 14.8 Å². The molecule has 2 aliphatic rings. The van der Waals surface area contributed by atoms with E-state index in [1.165, 1.54) is 30.3 Å². The van der Waals surface area contributed by atoms with E-state index in [0.29, 0.717) is 26.2 Å². The minimum absolute atomic E-state index is 0.0705. The third-order valence-corrected chi connectivity index (χ3v) is 7.26. The van der Waals surface area contributed by atoms with Crippen molar-refractivity contribution in [1.82, 2.24) is 4.90 Å². The Balaban J connectivity index is 1.46. The molecule has 0 aromatic heterocycles. The van der Waals surface area contributed by atoms with E-state index in [0.717, 1.165) is 9.99 Å². The summed E-state index contributed by atoms with van der Waals surface area (Å²) >= 11 is 6.28. The Morgan fingerprint density at radius 2 is 1.60 bits per heavy atom. The van der Waals surface area contributed by atoms with Crippen molar-refractivity contribution in [3.8, 4) is 0 Å². The Kier molecular flexibility index (Phi) is 5.42. The Morgan fingerprint density at radius 1 is 0.967 bits per heavy atom. The monoisotopic (exact) mass is 451 g/mol. The number of carbonyl (C=O) groups is 2. The number of hydrogen-bond donors (Lipinski definition) is 0. The van der Waals surface area contributed by atoms with Crippen LogP contribution in [0.25, 0.3) is 0 Å². The minimum atomic E-state index is -3.69. The van der Waals surface area contributed by atoms with Crippen LogP contribution in [0.2, 0.25) is 5.02 Å². The highest BCUT2D eigenvalue weighted by Crippen LogP contribution is 2.30. The van der Waals surface area contributed by atoms with E-state index in [9.17, 15) is 22.4 Å². The zero-order valence-electron chi connectivity index (χ0n) is 15.9. The molecule has 0 N–H and O–H groups in total. The fourth-order valence-electron chi connectivity index (χ4n) is 3.66. The Labute approximate surface area is 178 Å². The average molecular weight is 452 g/mol. The van der Waals surface area contributed by atoms with Gasteiger partial charge >= 0.3 is 0 Å². The Hall–Kier alpha value is -2.65. The first-order chi connectivity index (χ1) is 14.3. The third kappa shape index (κ3) is 3.87. The van der Waals surface area contributed by atoms with Crippen molar-refractivity contribution in [2.75, 3.05) is 41.1 Å². The second kappa shape index (κ2) is 7.88. The van der Waals surface area contributed by atoms with Crippen molar-refractivity contribution < 1.29 is 22.4 Å². The van der Waals surface area contributed by atoms with Crippen molar-refractivity contribution >= 4 is 44.8 Å². The smallest absolute Gasteiger partial charge is 0.255 e. The van der Waals surface area contributed by atoms with Gasteiger partial charge in [-0.25, -0.2) is 17.1 Å². The van der Waals surface area contributed by atoms with Gasteiger partial charge in [-0.3, -0.25) is 9.59 Å². The van der Waals surface area contributed by atoms with Crippen molar-refractivity contribution in [3.05, 3.63) is 58.9 Å². The van der Waals surface area contributed by atoms with Gasteiger partial charge in [-0.15, -0.1) is 0 Å². The highest BCUT2D eigenvalue weighted by Gasteiger charge is 2.36. The van der Waals surface area contributed by atoms with E-state index in [4.69, 9.17) is 11.6 Å². The lowest BCUT2D eigenvalue weighted by molar-refractivity contribution is -0.116. The number of sulfonamides is 1. The number of amides is 2. The summed E-state index contributed by atoms with van der Waals surface area (Å²) in [5, 5.41) is 0.0911. The van der Waals surface area contributed by atoms with E-state index in [-0.39, 0.29) is 40.2 Å². The van der Waals surface area contributed by atoms with Crippen LogP contribution >= 0.6 is 11.6 Å². The van der Waals surface area contributed by atoms with Gasteiger partial charge in [0.15, 0.2) is 0 Å². The van der Waals surface area contributed by atoms with Gasteiger partial charge < -0.3 is 9.80 Å². The van der Waals surface area contributed by atoms with Gasteiger partial charge in [0.1, 0.15) is 5.82 Å². The van der Waals surface area contributed by atoms with Gasteiger partial charge in [0.2, 0.25) is 15.9 Å². The van der Waals surface area contributed by atoms with E-state index < -0.39 is 15.9 Å². The molecule has 2 amide bonds. The second-order valence-corrected chi connectivity index (χ2v) is 9.49. The molecule has 0 saturated carbocycles. The molecule has 30 heavy (non-hydrogen) atoms. The molecule has 2 fully saturated rings. The molecule has 0 radical (unpaired) electrons. The number of benzene rings is 2. The number of nitrogens with zero attached hydrogens (tertiary/aromatic N) is 3. The maximum absolute atomic E-state index is 13.1. The predicted octanol–water partition coefficient (Wildman–Crippen LogP) is 2.51. The fraction of sp³-hybridized carbons (Fsp3) is 0.300. The summed E-state index contributed by atoms with van der Waals surface area (Å²) in [4.78, 5) is 28.6. The molecule has 0 atom stereocenters. The van der Waals surface area contributed by atoms with Crippen LogP contribution in [0, 0.1) is 5.82 Å². The fourth-order valence-corrected chi connectivity index (χ4v) is 5.37. The van der Waals surface area contributed by atoms with Crippen molar-refractivity contribution in [1.29, 1.82) is 0 Å². The lowest BCUT2D eigenvalue weighted by Crippen LogP contribution is -2.48. The van der Waals surface area contributed by atoms with Crippen LogP contribution in [0.1, 0.15) is 16.8 Å². The Bertz CT molecular complexity index is 1100. The number of anilines is 2. The highest BCUT2D eigenvalue weighted by atomic mass is 35.5. The maximum Gasteiger partial charge on any atom is 0.255 e. The van der Waals surface area contributed by atoms with Crippen LogP contribution in [0.5, 0.6) is 0 Å². The number of carbonyl (C=O) groups excluding carboxylic acids is 2. The Morgan fingerprint density at radius 3 is 2.17 bits per heavy atom. The summed E-state index contributed by atoms with van der Waals surface area (Å²) in [7, 11) is -3.69. The summed E-state index contributed by atoms with van der Waals surface area (Å²) in [6.45, 7) is 2.11. The lowest BCUT2D eigenvalue weighted by Gasteiger charge is -2.36. The maximum atomic E-state index is 13.1. The molecule has 7 nitrogen and oxygen atoms in total. The summed E-state index contributed by atoms with van der Waals surface area (Å²) in [6, 6.07) is 10.4. The molecule has 10 heteroatoms. The topological polar surface area (TPSA) is 78.0 Å². The van der Waals surface area contributed by atoms with Gasteiger partial charge in [0.25, 0.3) is 5.91 Å². The van der Waals surface area contributed by atoms with Crippen molar-refractivity contribution in [2.24, 2.45) is 0 Å². The molecule has 2 saturated heterocycles. The molecule has 0 spiro atoms. The van der Waals surface area contributed by atoms with Crippen molar-refractivity contribution in [3.63, 3.8) is 0 Å². The summed E-state index contributed by atoms with van der Waals surface area (Å²) in [6.07, 6.45) is -0.0705. The first-order valence-electron chi connectivity index (χ1n) is 9.41. The molecule has 2 aliphatic heterocycles. The first-order valence-corrected chi connectivity index (χ1v) is 11.4. The van der Waals surface area contributed by atoms with Crippen LogP contribution in [-0.4, -0.2) is 57.1 Å². The number of halogens is 2. The normalized spacial score (nSPS) is 18.7. The lowest BCUT2D eigenvalue weighted by atomic mass is 10.1. The SMILES string of the molecule is O=C(c1ccc(N2C(=O)CCS2(=O)=O)cc1Cl)N1CCN(c2ccc(F)cc2)CC1. The predicted molar refractivity (Wildman–Crippen MR) is 112 cm³/mol.